The highest BCUT2D eigenvalue weighted by molar-refractivity contribution is 5.81. The van der Waals surface area contributed by atoms with Crippen LogP contribution in [0, 0.1) is 17.8 Å². The molecule has 2 aliphatic rings. The Morgan fingerprint density at radius 1 is 1.00 bits per heavy atom. The maximum absolute atomic E-state index is 12.6. The molecule has 4 rings (SSSR count). The number of carboxylic acid groups (broad SMARTS) is 1. The molecule has 1 fully saturated rings. The molecule has 2 aliphatic carbocycles. The number of aliphatic carboxylic acids is 1. The minimum Gasteiger partial charge on any atom is -0.481 e. The van der Waals surface area contributed by atoms with Gasteiger partial charge < -0.3 is 20.5 Å². The van der Waals surface area contributed by atoms with Gasteiger partial charge in [-0.1, -0.05) is 61.9 Å². The molecule has 1 saturated carbocycles. The van der Waals surface area contributed by atoms with E-state index in [-0.39, 0.29) is 36.8 Å². The third-order valence-corrected chi connectivity index (χ3v) is 7.21. The normalized spacial score (nSPS) is 19.7. The van der Waals surface area contributed by atoms with Gasteiger partial charge in [0.15, 0.2) is 0 Å². The highest BCUT2D eigenvalue weighted by Gasteiger charge is 2.34. The van der Waals surface area contributed by atoms with Crippen LogP contribution in [0.4, 0.5) is 4.79 Å². The van der Waals surface area contributed by atoms with Crippen molar-refractivity contribution in [1.82, 2.24) is 10.6 Å². The molecule has 3 atom stereocenters. The number of hydrogen-bond donors (Lipinski definition) is 3. The van der Waals surface area contributed by atoms with E-state index in [2.05, 4.69) is 34.9 Å². The summed E-state index contributed by atoms with van der Waals surface area (Å²) < 4.78 is 5.60. The van der Waals surface area contributed by atoms with E-state index in [0.29, 0.717) is 13.0 Å². The van der Waals surface area contributed by atoms with E-state index in [1.54, 1.807) is 6.92 Å². The number of hydrogen-bond acceptors (Lipinski definition) is 4. The van der Waals surface area contributed by atoms with Crippen LogP contribution in [0.15, 0.2) is 48.5 Å². The molecule has 7 nitrogen and oxygen atoms in total. The fourth-order valence-electron chi connectivity index (χ4n) is 5.25. The Morgan fingerprint density at radius 2 is 1.65 bits per heavy atom. The third kappa shape index (κ3) is 5.08. The molecule has 0 radical (unpaired) electrons. The number of carboxylic acids is 1. The summed E-state index contributed by atoms with van der Waals surface area (Å²) in [6.07, 6.45) is 2.48. The summed E-state index contributed by atoms with van der Waals surface area (Å²) in [5, 5.41) is 14.8. The van der Waals surface area contributed by atoms with Crippen LogP contribution < -0.4 is 10.6 Å². The molecule has 2 aromatic rings. The Labute approximate surface area is 199 Å². The lowest BCUT2D eigenvalue weighted by atomic mass is 9.94. The van der Waals surface area contributed by atoms with Gasteiger partial charge in [-0.3, -0.25) is 9.59 Å². The van der Waals surface area contributed by atoms with Gasteiger partial charge in [-0.2, -0.15) is 0 Å². The lowest BCUT2D eigenvalue weighted by Gasteiger charge is -2.21. The smallest absolute Gasteiger partial charge is 0.407 e. The van der Waals surface area contributed by atoms with Crippen molar-refractivity contribution in [3.8, 4) is 11.1 Å². The van der Waals surface area contributed by atoms with Crippen molar-refractivity contribution < 1.29 is 24.2 Å². The summed E-state index contributed by atoms with van der Waals surface area (Å²) in [7, 11) is 0. The summed E-state index contributed by atoms with van der Waals surface area (Å²) >= 11 is 0. The summed E-state index contributed by atoms with van der Waals surface area (Å²) in [5.74, 6) is -1.81. The molecule has 0 spiro atoms. The first kappa shape index (κ1) is 23.8. The zero-order valence-electron chi connectivity index (χ0n) is 19.5. The average Bonchev–Trinajstić information content (AvgIpc) is 3.44. The summed E-state index contributed by atoms with van der Waals surface area (Å²) in [6, 6.07) is 16.4. The highest BCUT2D eigenvalue weighted by atomic mass is 16.5. The number of carbonyl (C=O) groups is 3. The van der Waals surface area contributed by atoms with Gasteiger partial charge in [0, 0.05) is 24.9 Å². The van der Waals surface area contributed by atoms with Gasteiger partial charge in [0.2, 0.25) is 5.91 Å². The zero-order chi connectivity index (χ0) is 24.1. The second kappa shape index (κ2) is 10.7. The molecule has 2 amide bonds. The van der Waals surface area contributed by atoms with E-state index in [1.807, 2.05) is 24.3 Å². The number of benzene rings is 2. The molecular weight excluding hydrogens is 432 g/mol. The molecule has 0 aliphatic heterocycles. The maximum Gasteiger partial charge on any atom is 0.407 e. The predicted octanol–water partition coefficient (Wildman–Crippen LogP) is 4.17. The van der Waals surface area contributed by atoms with Crippen molar-refractivity contribution in [3.63, 3.8) is 0 Å². The van der Waals surface area contributed by atoms with Crippen molar-refractivity contribution in [2.75, 3.05) is 19.7 Å². The molecule has 3 N–H and O–H groups in total. The van der Waals surface area contributed by atoms with Crippen LogP contribution in [0.1, 0.15) is 49.7 Å². The molecule has 2 aromatic carbocycles. The summed E-state index contributed by atoms with van der Waals surface area (Å²) in [6.45, 7) is 2.54. The first-order valence-corrected chi connectivity index (χ1v) is 12.1. The van der Waals surface area contributed by atoms with Crippen LogP contribution in [0.25, 0.3) is 11.1 Å². The first-order valence-electron chi connectivity index (χ1n) is 12.1. The summed E-state index contributed by atoms with van der Waals surface area (Å²) in [4.78, 5) is 36.3. The van der Waals surface area contributed by atoms with Gasteiger partial charge >= 0.3 is 12.1 Å². The molecule has 0 aromatic heterocycles. The first-order chi connectivity index (χ1) is 16.5. The fourth-order valence-corrected chi connectivity index (χ4v) is 5.25. The SMILES string of the molecule is CCC(CNC(=O)[C@@H]1CCC[C@@H]1CNC(=O)OCC1c2ccccc2-c2ccccc21)C(=O)O. The lowest BCUT2D eigenvalue weighted by Crippen LogP contribution is -2.40. The molecule has 180 valence electrons. The molecule has 0 saturated heterocycles. The van der Waals surface area contributed by atoms with Crippen LogP contribution >= 0.6 is 0 Å². The van der Waals surface area contributed by atoms with Gasteiger partial charge in [-0.05, 0) is 47.4 Å². The van der Waals surface area contributed by atoms with Crippen molar-refractivity contribution in [2.45, 2.75) is 38.5 Å². The van der Waals surface area contributed by atoms with E-state index < -0.39 is 18.0 Å². The van der Waals surface area contributed by atoms with Crippen molar-refractivity contribution in [3.05, 3.63) is 59.7 Å². The zero-order valence-corrected chi connectivity index (χ0v) is 19.5. The Kier molecular flexibility index (Phi) is 7.50. The summed E-state index contributed by atoms with van der Waals surface area (Å²) in [5.41, 5.74) is 4.69. The molecule has 0 heterocycles. The van der Waals surface area contributed by atoms with Gasteiger partial charge in [0.25, 0.3) is 0 Å². The molecule has 7 heteroatoms. The van der Waals surface area contributed by atoms with E-state index in [0.717, 1.165) is 30.4 Å². The number of carbonyl (C=O) groups excluding carboxylic acids is 2. The fraction of sp³-hybridized carbons (Fsp3) is 0.444. The Hall–Kier alpha value is -3.35. The number of alkyl carbamates (subject to hydrolysis) is 1. The van der Waals surface area contributed by atoms with Crippen molar-refractivity contribution >= 4 is 18.0 Å². The molecule has 1 unspecified atom stereocenters. The van der Waals surface area contributed by atoms with Crippen LogP contribution in [0.5, 0.6) is 0 Å². The Balaban J connectivity index is 1.28. The highest BCUT2D eigenvalue weighted by Crippen LogP contribution is 2.44. The van der Waals surface area contributed by atoms with Crippen LogP contribution in [-0.2, 0) is 14.3 Å². The Bertz CT molecular complexity index is 1010. The van der Waals surface area contributed by atoms with Gasteiger partial charge in [-0.25, -0.2) is 4.79 Å². The van der Waals surface area contributed by atoms with Gasteiger partial charge in [-0.15, -0.1) is 0 Å². The molecule has 34 heavy (non-hydrogen) atoms. The van der Waals surface area contributed by atoms with Crippen LogP contribution in [0.2, 0.25) is 0 Å². The van der Waals surface area contributed by atoms with Crippen molar-refractivity contribution in [1.29, 1.82) is 0 Å². The quantitative estimate of drug-likeness (QED) is 0.517. The standard InChI is InChI=1S/C27H32N2O5/c1-2-17(26(31)32)14-28-25(30)19-13-7-8-18(19)15-29-27(33)34-16-24-22-11-5-3-9-20(22)21-10-4-6-12-23(21)24/h3-6,9-12,17-19,24H,2,7-8,13-16H2,1H3,(H,28,30)(H,29,33)(H,31,32)/t17?,18-,19-/m1/s1. The molecular formula is C27H32N2O5. The van der Waals surface area contributed by atoms with Gasteiger partial charge in [0.05, 0.1) is 5.92 Å². The number of ether oxygens (including phenoxy) is 1. The number of rotatable bonds is 9. The number of nitrogens with one attached hydrogen (secondary N) is 2. The third-order valence-electron chi connectivity index (χ3n) is 7.21. The van der Waals surface area contributed by atoms with Gasteiger partial charge in [0.1, 0.15) is 6.61 Å². The topological polar surface area (TPSA) is 105 Å². The van der Waals surface area contributed by atoms with E-state index in [1.165, 1.54) is 11.1 Å². The van der Waals surface area contributed by atoms with Crippen LogP contribution in [0.3, 0.4) is 0 Å². The second-order valence-corrected chi connectivity index (χ2v) is 9.19. The minimum atomic E-state index is -0.900. The Morgan fingerprint density at radius 3 is 2.26 bits per heavy atom. The number of amides is 2. The van der Waals surface area contributed by atoms with E-state index >= 15 is 0 Å². The lowest BCUT2D eigenvalue weighted by molar-refractivity contribution is -0.141. The maximum atomic E-state index is 12.6. The van der Waals surface area contributed by atoms with E-state index in [9.17, 15) is 19.5 Å². The predicted molar refractivity (Wildman–Crippen MR) is 128 cm³/mol. The van der Waals surface area contributed by atoms with Crippen molar-refractivity contribution in [2.24, 2.45) is 17.8 Å². The largest absolute Gasteiger partial charge is 0.481 e. The second-order valence-electron chi connectivity index (χ2n) is 9.19. The average molecular weight is 465 g/mol. The number of fused-ring (bicyclic) bond motifs is 3. The monoisotopic (exact) mass is 464 g/mol. The van der Waals surface area contributed by atoms with E-state index in [4.69, 9.17) is 4.74 Å². The van der Waals surface area contributed by atoms with Crippen LogP contribution in [-0.4, -0.2) is 42.8 Å². The minimum absolute atomic E-state index is 0.00361. The molecule has 0 bridgehead atoms.